The third-order valence-electron chi connectivity index (χ3n) is 2.14. The SMILES string of the molecule is CC.CN1CCCC1.Cc1cccnc1. The van der Waals surface area contributed by atoms with Crippen molar-refractivity contribution in [3.8, 4) is 0 Å². The van der Waals surface area contributed by atoms with Crippen molar-refractivity contribution in [1.82, 2.24) is 9.88 Å². The Morgan fingerprint density at radius 3 is 2.00 bits per heavy atom. The molecule has 86 valence electrons. The van der Waals surface area contributed by atoms with Crippen LogP contribution in [0.1, 0.15) is 32.3 Å². The summed E-state index contributed by atoms with van der Waals surface area (Å²) in [5.74, 6) is 0. The molecule has 1 saturated heterocycles. The number of rotatable bonds is 0. The maximum atomic E-state index is 3.88. The number of hydrogen-bond acceptors (Lipinski definition) is 2. The van der Waals surface area contributed by atoms with Gasteiger partial charge in [-0.25, -0.2) is 0 Å². The molecule has 0 bridgehead atoms. The van der Waals surface area contributed by atoms with Crippen molar-refractivity contribution in [2.45, 2.75) is 33.6 Å². The number of nitrogens with zero attached hydrogens (tertiary/aromatic N) is 2. The van der Waals surface area contributed by atoms with E-state index in [1.807, 2.05) is 39.1 Å². The summed E-state index contributed by atoms with van der Waals surface area (Å²) in [6.45, 7) is 8.66. The van der Waals surface area contributed by atoms with Crippen LogP contribution in [0.4, 0.5) is 0 Å². The average molecular weight is 208 g/mol. The topological polar surface area (TPSA) is 16.1 Å². The zero-order valence-corrected chi connectivity index (χ0v) is 10.5. The average Bonchev–Trinajstić information content (AvgIpc) is 2.74. The summed E-state index contributed by atoms with van der Waals surface area (Å²) < 4.78 is 0. The fourth-order valence-electron chi connectivity index (χ4n) is 1.32. The molecule has 0 radical (unpaired) electrons. The van der Waals surface area contributed by atoms with Gasteiger partial charge in [-0.1, -0.05) is 19.9 Å². The zero-order valence-electron chi connectivity index (χ0n) is 10.5. The molecule has 2 heterocycles. The van der Waals surface area contributed by atoms with Gasteiger partial charge in [0, 0.05) is 12.4 Å². The highest BCUT2D eigenvalue weighted by molar-refractivity contribution is 5.04. The van der Waals surface area contributed by atoms with Gasteiger partial charge < -0.3 is 4.90 Å². The molecular weight excluding hydrogens is 184 g/mol. The molecule has 2 nitrogen and oxygen atoms in total. The van der Waals surface area contributed by atoms with Gasteiger partial charge in [-0.2, -0.15) is 0 Å². The molecule has 0 saturated carbocycles. The van der Waals surface area contributed by atoms with E-state index in [1.54, 1.807) is 6.20 Å². The summed E-state index contributed by atoms with van der Waals surface area (Å²) >= 11 is 0. The van der Waals surface area contributed by atoms with Gasteiger partial charge in [-0.15, -0.1) is 0 Å². The first-order valence-electron chi connectivity index (χ1n) is 5.84. The normalized spacial score (nSPS) is 14.7. The van der Waals surface area contributed by atoms with E-state index in [-0.39, 0.29) is 0 Å². The predicted molar refractivity (Wildman–Crippen MR) is 67.1 cm³/mol. The molecule has 1 fully saturated rings. The van der Waals surface area contributed by atoms with E-state index in [9.17, 15) is 0 Å². The fraction of sp³-hybridized carbons (Fsp3) is 0.615. The molecule has 0 unspecified atom stereocenters. The summed E-state index contributed by atoms with van der Waals surface area (Å²) in [5.41, 5.74) is 1.21. The van der Waals surface area contributed by atoms with Crippen molar-refractivity contribution in [1.29, 1.82) is 0 Å². The number of hydrogen-bond donors (Lipinski definition) is 0. The molecule has 1 aromatic rings. The second-order valence-electron chi connectivity index (χ2n) is 3.54. The van der Waals surface area contributed by atoms with Crippen LogP contribution in [0.15, 0.2) is 24.5 Å². The summed E-state index contributed by atoms with van der Waals surface area (Å²) in [5, 5.41) is 0. The molecule has 1 aromatic heterocycles. The van der Waals surface area contributed by atoms with Crippen LogP contribution >= 0.6 is 0 Å². The van der Waals surface area contributed by atoms with Gasteiger partial charge in [-0.3, -0.25) is 4.98 Å². The van der Waals surface area contributed by atoms with E-state index >= 15 is 0 Å². The Kier molecular flexibility index (Phi) is 9.08. The van der Waals surface area contributed by atoms with E-state index in [1.165, 1.54) is 31.5 Å². The van der Waals surface area contributed by atoms with Gasteiger partial charge in [0.05, 0.1) is 0 Å². The Hall–Kier alpha value is -0.890. The first kappa shape index (κ1) is 14.1. The third kappa shape index (κ3) is 8.13. The Bertz CT molecular complexity index is 215. The molecule has 0 aliphatic carbocycles. The van der Waals surface area contributed by atoms with Crippen LogP contribution in [-0.2, 0) is 0 Å². The first-order valence-corrected chi connectivity index (χ1v) is 5.84. The Morgan fingerprint density at radius 2 is 1.80 bits per heavy atom. The van der Waals surface area contributed by atoms with Gasteiger partial charge in [-0.05, 0) is 51.5 Å². The largest absolute Gasteiger partial charge is 0.306 e. The maximum Gasteiger partial charge on any atom is 0.0297 e. The molecule has 0 amide bonds. The van der Waals surface area contributed by atoms with Crippen LogP contribution in [0.2, 0.25) is 0 Å². The monoisotopic (exact) mass is 208 g/mol. The lowest BCUT2D eigenvalue weighted by molar-refractivity contribution is 0.418. The molecule has 2 rings (SSSR count). The summed E-state index contributed by atoms with van der Waals surface area (Å²) in [6.07, 6.45) is 6.43. The van der Waals surface area contributed by atoms with E-state index in [2.05, 4.69) is 16.9 Å². The van der Waals surface area contributed by atoms with Gasteiger partial charge in [0.2, 0.25) is 0 Å². The fourth-order valence-corrected chi connectivity index (χ4v) is 1.32. The minimum Gasteiger partial charge on any atom is -0.306 e. The lowest BCUT2D eigenvalue weighted by Crippen LogP contribution is -2.10. The highest BCUT2D eigenvalue weighted by Crippen LogP contribution is 2.02. The minimum absolute atomic E-state index is 1.21. The number of aryl methyl sites for hydroxylation is 1. The standard InChI is InChI=1S/C6H7N.C5H11N.C2H6/c1-6-3-2-4-7-5-6;1-6-4-2-3-5-6;1-2/h2-5H,1H3;2-5H2,1H3;1-2H3. The van der Waals surface area contributed by atoms with Gasteiger partial charge in [0.1, 0.15) is 0 Å². The Labute approximate surface area is 94.3 Å². The first-order chi connectivity index (χ1) is 7.29. The van der Waals surface area contributed by atoms with Crippen LogP contribution in [0.25, 0.3) is 0 Å². The highest BCUT2D eigenvalue weighted by atomic mass is 15.1. The second kappa shape index (κ2) is 9.66. The van der Waals surface area contributed by atoms with Crippen molar-refractivity contribution in [3.63, 3.8) is 0 Å². The van der Waals surface area contributed by atoms with Gasteiger partial charge >= 0.3 is 0 Å². The smallest absolute Gasteiger partial charge is 0.0297 e. The lowest BCUT2D eigenvalue weighted by Gasteiger charge is -2.01. The zero-order chi connectivity index (χ0) is 11.5. The van der Waals surface area contributed by atoms with Gasteiger partial charge in [0.15, 0.2) is 0 Å². The maximum absolute atomic E-state index is 3.88. The molecule has 15 heavy (non-hydrogen) atoms. The van der Waals surface area contributed by atoms with E-state index < -0.39 is 0 Å². The van der Waals surface area contributed by atoms with E-state index in [0.29, 0.717) is 0 Å². The van der Waals surface area contributed by atoms with Crippen LogP contribution < -0.4 is 0 Å². The molecule has 0 aromatic carbocycles. The van der Waals surface area contributed by atoms with Crippen molar-refractivity contribution in [3.05, 3.63) is 30.1 Å². The van der Waals surface area contributed by atoms with Crippen LogP contribution in [-0.4, -0.2) is 30.0 Å². The van der Waals surface area contributed by atoms with Crippen molar-refractivity contribution < 1.29 is 0 Å². The third-order valence-corrected chi connectivity index (χ3v) is 2.14. The summed E-state index contributed by atoms with van der Waals surface area (Å²) in [4.78, 5) is 6.25. The lowest BCUT2D eigenvalue weighted by atomic mass is 10.3. The molecule has 0 spiro atoms. The number of pyridine rings is 1. The summed E-state index contributed by atoms with van der Waals surface area (Å²) in [7, 11) is 2.17. The molecule has 0 N–H and O–H groups in total. The van der Waals surface area contributed by atoms with Crippen molar-refractivity contribution in [2.75, 3.05) is 20.1 Å². The number of aromatic nitrogens is 1. The predicted octanol–water partition coefficient (Wildman–Crippen LogP) is 3.13. The van der Waals surface area contributed by atoms with Crippen LogP contribution in [0.5, 0.6) is 0 Å². The molecule has 0 atom stereocenters. The van der Waals surface area contributed by atoms with Crippen LogP contribution in [0.3, 0.4) is 0 Å². The molecule has 2 heteroatoms. The molecular formula is C13H24N2. The molecule has 1 aliphatic heterocycles. The number of likely N-dealkylation sites (tertiary alicyclic amines) is 1. The Balaban J connectivity index is 0.000000227. The summed E-state index contributed by atoms with van der Waals surface area (Å²) in [6, 6.07) is 3.95. The Morgan fingerprint density at radius 1 is 1.20 bits per heavy atom. The van der Waals surface area contributed by atoms with Crippen molar-refractivity contribution >= 4 is 0 Å². The van der Waals surface area contributed by atoms with Gasteiger partial charge in [0.25, 0.3) is 0 Å². The minimum atomic E-state index is 1.21. The van der Waals surface area contributed by atoms with Crippen LogP contribution in [0, 0.1) is 6.92 Å². The quantitative estimate of drug-likeness (QED) is 0.651. The second-order valence-corrected chi connectivity index (χ2v) is 3.54. The van der Waals surface area contributed by atoms with Crippen molar-refractivity contribution in [2.24, 2.45) is 0 Å². The molecule has 1 aliphatic rings. The van der Waals surface area contributed by atoms with E-state index in [4.69, 9.17) is 0 Å². The highest BCUT2D eigenvalue weighted by Gasteiger charge is 2.03. The van der Waals surface area contributed by atoms with E-state index in [0.717, 1.165) is 0 Å².